The van der Waals surface area contributed by atoms with Gasteiger partial charge < -0.3 is 10.2 Å². The first kappa shape index (κ1) is 32.7. The van der Waals surface area contributed by atoms with E-state index in [2.05, 4.69) is 5.32 Å². The molecule has 0 aliphatic rings. The molecule has 0 fully saturated rings. The SMILES string of the molecule is CCCCNC(=O)[C@@H](CC)N(Cc1c(Cl)cccc1Cl)C(=O)CN(c1cc(Cl)ccc1C)S(=O)(=O)c1ccccc1. The fourth-order valence-corrected chi connectivity index (χ4v) is 6.54. The molecule has 41 heavy (non-hydrogen) atoms. The number of amides is 2. The van der Waals surface area contributed by atoms with E-state index in [0.717, 1.165) is 17.1 Å². The van der Waals surface area contributed by atoms with E-state index in [-0.39, 0.29) is 29.5 Å². The number of unbranched alkanes of at least 4 members (excludes halogenated alkanes) is 1. The molecule has 2 amide bonds. The highest BCUT2D eigenvalue weighted by Crippen LogP contribution is 2.31. The molecule has 3 rings (SSSR count). The van der Waals surface area contributed by atoms with E-state index in [1.165, 1.54) is 23.1 Å². The molecule has 0 spiro atoms. The molecule has 0 aliphatic heterocycles. The second-order valence-corrected chi connectivity index (χ2v) is 12.7. The minimum absolute atomic E-state index is 0.0113. The van der Waals surface area contributed by atoms with Crippen molar-refractivity contribution in [3.8, 4) is 0 Å². The van der Waals surface area contributed by atoms with Crippen LogP contribution >= 0.6 is 34.8 Å². The van der Waals surface area contributed by atoms with Crippen LogP contribution in [0.5, 0.6) is 0 Å². The number of hydrogen-bond acceptors (Lipinski definition) is 4. The van der Waals surface area contributed by atoms with E-state index in [1.807, 2.05) is 6.92 Å². The predicted molar refractivity (Wildman–Crippen MR) is 166 cm³/mol. The Hall–Kier alpha value is -2.78. The summed E-state index contributed by atoms with van der Waals surface area (Å²) in [6.45, 7) is 5.32. The Morgan fingerprint density at radius 3 is 2.20 bits per heavy atom. The van der Waals surface area contributed by atoms with Crippen molar-refractivity contribution in [3.63, 3.8) is 0 Å². The number of hydrogen-bond donors (Lipinski definition) is 1. The third kappa shape index (κ3) is 8.16. The van der Waals surface area contributed by atoms with E-state index in [0.29, 0.717) is 32.7 Å². The number of anilines is 1. The largest absolute Gasteiger partial charge is 0.354 e. The van der Waals surface area contributed by atoms with Gasteiger partial charge in [-0.2, -0.15) is 0 Å². The first-order valence-electron chi connectivity index (χ1n) is 13.3. The van der Waals surface area contributed by atoms with Crippen molar-refractivity contribution >= 4 is 62.3 Å². The monoisotopic (exact) mass is 637 g/mol. The van der Waals surface area contributed by atoms with E-state index in [1.54, 1.807) is 62.4 Å². The lowest BCUT2D eigenvalue weighted by atomic mass is 10.1. The standard InChI is InChI=1S/C30H34Cl3N3O4S/c1-4-6-17-34-30(38)27(5-2)35(19-24-25(32)13-10-14-26(24)33)29(37)20-36(28-18-22(31)16-15-21(28)3)41(39,40)23-11-8-7-9-12-23/h7-16,18,27H,4-6,17,19-20H2,1-3H3,(H,34,38)/t27-/m1/s1. The fraction of sp³-hybridized carbons (Fsp3) is 0.333. The van der Waals surface area contributed by atoms with Gasteiger partial charge in [-0.15, -0.1) is 0 Å². The van der Waals surface area contributed by atoms with E-state index < -0.39 is 28.5 Å². The van der Waals surface area contributed by atoms with E-state index in [9.17, 15) is 18.0 Å². The van der Waals surface area contributed by atoms with E-state index in [4.69, 9.17) is 34.8 Å². The number of carbonyl (C=O) groups is 2. The molecular weight excluding hydrogens is 605 g/mol. The lowest BCUT2D eigenvalue weighted by Gasteiger charge is -2.34. The fourth-order valence-electron chi connectivity index (χ4n) is 4.36. The van der Waals surface area contributed by atoms with Gasteiger partial charge in [0.25, 0.3) is 10.0 Å². The van der Waals surface area contributed by atoms with Crippen LogP contribution in [0.2, 0.25) is 15.1 Å². The van der Waals surface area contributed by atoms with Gasteiger partial charge in [-0.3, -0.25) is 13.9 Å². The first-order valence-corrected chi connectivity index (χ1v) is 15.9. The lowest BCUT2D eigenvalue weighted by Crippen LogP contribution is -2.52. The lowest BCUT2D eigenvalue weighted by molar-refractivity contribution is -0.140. The van der Waals surface area contributed by atoms with Gasteiger partial charge in [0.15, 0.2) is 0 Å². The van der Waals surface area contributed by atoms with Crippen molar-refractivity contribution in [2.24, 2.45) is 0 Å². The van der Waals surface area contributed by atoms with Gasteiger partial charge in [0.2, 0.25) is 11.8 Å². The summed E-state index contributed by atoms with van der Waals surface area (Å²) in [6.07, 6.45) is 1.96. The number of halogens is 3. The molecular formula is C30H34Cl3N3O4S. The zero-order chi connectivity index (χ0) is 30.2. The topological polar surface area (TPSA) is 86.8 Å². The molecule has 0 unspecified atom stereocenters. The number of carbonyl (C=O) groups excluding carboxylic acids is 2. The molecule has 7 nitrogen and oxygen atoms in total. The van der Waals surface area contributed by atoms with Crippen molar-refractivity contribution < 1.29 is 18.0 Å². The number of benzene rings is 3. The third-order valence-electron chi connectivity index (χ3n) is 6.66. The van der Waals surface area contributed by atoms with Gasteiger partial charge >= 0.3 is 0 Å². The summed E-state index contributed by atoms with van der Waals surface area (Å²) in [5, 5.41) is 3.87. The van der Waals surface area contributed by atoms with Crippen LogP contribution in [0, 0.1) is 6.92 Å². The van der Waals surface area contributed by atoms with E-state index >= 15 is 0 Å². The minimum Gasteiger partial charge on any atom is -0.354 e. The molecule has 0 heterocycles. The Bertz CT molecular complexity index is 1450. The summed E-state index contributed by atoms with van der Waals surface area (Å²) in [5.41, 5.74) is 1.32. The number of nitrogens with one attached hydrogen (secondary N) is 1. The van der Waals surface area contributed by atoms with Crippen molar-refractivity contribution in [3.05, 3.63) is 92.9 Å². The highest BCUT2D eigenvalue weighted by atomic mass is 35.5. The second kappa shape index (κ2) is 14.9. The van der Waals surface area contributed by atoms with Crippen LogP contribution < -0.4 is 9.62 Å². The first-order chi connectivity index (χ1) is 19.5. The third-order valence-corrected chi connectivity index (χ3v) is 9.37. The average molecular weight is 639 g/mol. The maximum Gasteiger partial charge on any atom is 0.264 e. The number of rotatable bonds is 13. The maximum absolute atomic E-state index is 14.2. The molecule has 0 saturated heterocycles. The highest BCUT2D eigenvalue weighted by Gasteiger charge is 2.34. The second-order valence-electron chi connectivity index (χ2n) is 9.55. The van der Waals surface area contributed by atoms with Gasteiger partial charge in [0.05, 0.1) is 10.6 Å². The van der Waals surface area contributed by atoms with Crippen molar-refractivity contribution in [1.29, 1.82) is 0 Å². The highest BCUT2D eigenvalue weighted by molar-refractivity contribution is 7.92. The normalized spacial score (nSPS) is 12.0. The molecule has 1 atom stereocenters. The van der Waals surface area contributed by atoms with Crippen molar-refractivity contribution in [2.45, 2.75) is 57.5 Å². The predicted octanol–water partition coefficient (Wildman–Crippen LogP) is 6.87. The molecule has 3 aromatic carbocycles. The van der Waals surface area contributed by atoms with Gasteiger partial charge in [-0.05, 0) is 61.7 Å². The van der Waals surface area contributed by atoms with Crippen LogP contribution in [0.25, 0.3) is 0 Å². The Balaban J connectivity index is 2.10. The van der Waals surface area contributed by atoms with Crippen LogP contribution in [0.4, 0.5) is 5.69 Å². The number of aryl methyl sites for hydroxylation is 1. The summed E-state index contributed by atoms with van der Waals surface area (Å²) in [5.74, 6) is -0.939. The van der Waals surface area contributed by atoms with Crippen LogP contribution in [0.3, 0.4) is 0 Å². The summed E-state index contributed by atoms with van der Waals surface area (Å²) >= 11 is 19.2. The summed E-state index contributed by atoms with van der Waals surface area (Å²) in [4.78, 5) is 28.9. The Morgan fingerprint density at radius 2 is 1.59 bits per heavy atom. The molecule has 0 saturated carbocycles. The van der Waals surface area contributed by atoms with Crippen molar-refractivity contribution in [1.82, 2.24) is 10.2 Å². The number of sulfonamides is 1. The Kier molecular flexibility index (Phi) is 11.9. The van der Waals surface area contributed by atoms with Crippen molar-refractivity contribution in [2.75, 3.05) is 17.4 Å². The van der Waals surface area contributed by atoms with Crippen LogP contribution in [0.1, 0.15) is 44.2 Å². The number of nitrogens with zero attached hydrogens (tertiary/aromatic N) is 2. The average Bonchev–Trinajstić information content (AvgIpc) is 2.95. The molecule has 3 aromatic rings. The van der Waals surface area contributed by atoms with Gasteiger partial charge in [0, 0.05) is 33.7 Å². The Labute approximate surface area is 257 Å². The molecule has 0 aliphatic carbocycles. The summed E-state index contributed by atoms with van der Waals surface area (Å²) in [7, 11) is -4.21. The smallest absolute Gasteiger partial charge is 0.264 e. The summed E-state index contributed by atoms with van der Waals surface area (Å²) < 4.78 is 29.0. The Morgan fingerprint density at radius 1 is 0.927 bits per heavy atom. The van der Waals surface area contributed by atoms with Gasteiger partial charge in [0.1, 0.15) is 12.6 Å². The van der Waals surface area contributed by atoms with Gasteiger partial charge in [-0.25, -0.2) is 8.42 Å². The van der Waals surface area contributed by atoms with Crippen LogP contribution in [-0.4, -0.2) is 44.3 Å². The van der Waals surface area contributed by atoms with Crippen LogP contribution in [-0.2, 0) is 26.2 Å². The van der Waals surface area contributed by atoms with Gasteiger partial charge in [-0.1, -0.05) is 85.4 Å². The molecule has 0 aromatic heterocycles. The minimum atomic E-state index is -4.21. The zero-order valence-corrected chi connectivity index (χ0v) is 26.3. The quantitative estimate of drug-likeness (QED) is 0.207. The molecule has 11 heteroatoms. The molecule has 0 bridgehead atoms. The maximum atomic E-state index is 14.2. The molecule has 220 valence electrons. The van der Waals surface area contributed by atoms with Crippen LogP contribution in [0.15, 0.2) is 71.6 Å². The molecule has 0 radical (unpaired) electrons. The summed E-state index contributed by atoms with van der Waals surface area (Å²) in [6, 6.07) is 16.8. The zero-order valence-electron chi connectivity index (χ0n) is 23.2. The molecule has 1 N–H and O–H groups in total.